The van der Waals surface area contributed by atoms with Gasteiger partial charge in [-0.05, 0) is 30.9 Å². The summed E-state index contributed by atoms with van der Waals surface area (Å²) in [5, 5.41) is 2.80. The number of rotatable bonds is 2. The molecule has 0 bridgehead atoms. The van der Waals surface area contributed by atoms with Gasteiger partial charge in [-0.15, -0.1) is 0 Å². The number of halogens is 1. The van der Waals surface area contributed by atoms with Crippen molar-refractivity contribution in [1.82, 2.24) is 5.32 Å². The van der Waals surface area contributed by atoms with Crippen LogP contribution in [0, 0.1) is 11.7 Å². The number of benzene rings is 1. The van der Waals surface area contributed by atoms with E-state index in [-0.39, 0.29) is 30.0 Å². The van der Waals surface area contributed by atoms with E-state index >= 15 is 0 Å². The van der Waals surface area contributed by atoms with Crippen molar-refractivity contribution >= 4 is 17.5 Å². The molecule has 1 heterocycles. The summed E-state index contributed by atoms with van der Waals surface area (Å²) >= 11 is 0. The number of nitrogens with zero attached hydrogens (tertiary/aromatic N) is 1. The zero-order valence-corrected chi connectivity index (χ0v) is 11.8. The zero-order chi connectivity index (χ0) is 14.8. The van der Waals surface area contributed by atoms with Crippen LogP contribution in [0.25, 0.3) is 0 Å². The topological polar surface area (TPSA) is 49.4 Å². The van der Waals surface area contributed by atoms with Crippen molar-refractivity contribution in [1.29, 1.82) is 0 Å². The summed E-state index contributed by atoms with van der Waals surface area (Å²) in [7, 11) is 0. The Morgan fingerprint density at radius 1 is 1.10 bits per heavy atom. The maximum Gasteiger partial charge on any atom is 0.250 e. The molecule has 1 N–H and O–H groups in total. The van der Waals surface area contributed by atoms with Gasteiger partial charge in [0.05, 0.1) is 5.69 Å². The Morgan fingerprint density at radius 2 is 1.81 bits per heavy atom. The number of hydrogen-bond acceptors (Lipinski definition) is 2. The molecule has 1 aliphatic heterocycles. The quantitative estimate of drug-likeness (QED) is 0.908. The van der Waals surface area contributed by atoms with Crippen LogP contribution in [-0.2, 0) is 9.59 Å². The van der Waals surface area contributed by atoms with Crippen LogP contribution in [0.15, 0.2) is 24.3 Å². The van der Waals surface area contributed by atoms with Gasteiger partial charge in [0.25, 0.3) is 0 Å². The first-order valence-corrected chi connectivity index (χ1v) is 7.52. The van der Waals surface area contributed by atoms with E-state index in [1.807, 2.05) is 0 Å². The van der Waals surface area contributed by atoms with E-state index in [9.17, 15) is 14.0 Å². The van der Waals surface area contributed by atoms with Gasteiger partial charge >= 0.3 is 0 Å². The number of anilines is 1. The van der Waals surface area contributed by atoms with E-state index in [4.69, 9.17) is 0 Å². The SMILES string of the molecule is O=C1CN(c2ccccc2F)C(=O)C(C2CCCCC2)N1. The number of carbonyl (C=O) groups excluding carboxylic acids is 2. The van der Waals surface area contributed by atoms with Gasteiger partial charge in [-0.1, -0.05) is 31.4 Å². The molecule has 3 rings (SSSR count). The molecule has 0 radical (unpaired) electrons. The van der Waals surface area contributed by atoms with Gasteiger partial charge in [0.15, 0.2) is 0 Å². The molecule has 0 spiro atoms. The highest BCUT2D eigenvalue weighted by Gasteiger charge is 2.39. The van der Waals surface area contributed by atoms with E-state index in [0.29, 0.717) is 0 Å². The minimum Gasteiger partial charge on any atom is -0.342 e. The van der Waals surface area contributed by atoms with Gasteiger partial charge in [-0.3, -0.25) is 14.5 Å². The molecule has 1 aliphatic carbocycles. The standard InChI is InChI=1S/C16H19FN2O2/c17-12-8-4-5-9-13(12)19-10-14(20)18-15(16(19)21)11-6-2-1-3-7-11/h4-5,8-9,11,15H,1-3,6-7,10H2,(H,18,20). The number of carbonyl (C=O) groups is 2. The lowest BCUT2D eigenvalue weighted by Crippen LogP contribution is -2.61. The fraction of sp³-hybridized carbons (Fsp3) is 0.500. The lowest BCUT2D eigenvalue weighted by molar-refractivity contribution is -0.132. The predicted octanol–water partition coefficient (Wildman–Crippen LogP) is 2.24. The first-order valence-electron chi connectivity index (χ1n) is 7.52. The summed E-state index contributed by atoms with van der Waals surface area (Å²) in [5.41, 5.74) is 0.193. The van der Waals surface area contributed by atoms with Crippen LogP contribution in [0.1, 0.15) is 32.1 Å². The maximum atomic E-state index is 13.9. The Hall–Kier alpha value is -1.91. The Balaban J connectivity index is 1.86. The average molecular weight is 290 g/mol. The second-order valence-corrected chi connectivity index (χ2v) is 5.82. The lowest BCUT2D eigenvalue weighted by Gasteiger charge is -2.37. The summed E-state index contributed by atoms with van der Waals surface area (Å²) in [6.07, 6.45) is 5.25. The first-order chi connectivity index (χ1) is 10.2. The largest absolute Gasteiger partial charge is 0.342 e. The van der Waals surface area contributed by atoms with Gasteiger partial charge in [0.2, 0.25) is 11.8 Å². The summed E-state index contributed by atoms with van der Waals surface area (Å²) in [6.45, 7) is -0.108. The first kappa shape index (κ1) is 14.0. The minimum atomic E-state index is -0.508. The number of para-hydroxylation sites is 1. The van der Waals surface area contributed by atoms with Gasteiger partial charge in [0.1, 0.15) is 18.4 Å². The third-order valence-electron chi connectivity index (χ3n) is 4.41. The minimum absolute atomic E-state index is 0.108. The molecular formula is C16H19FN2O2. The van der Waals surface area contributed by atoms with Crippen LogP contribution in [0.2, 0.25) is 0 Å². The highest BCUT2D eigenvalue weighted by atomic mass is 19.1. The maximum absolute atomic E-state index is 13.9. The van der Waals surface area contributed by atoms with E-state index in [1.54, 1.807) is 18.2 Å². The molecular weight excluding hydrogens is 271 g/mol. The third kappa shape index (κ3) is 2.77. The molecule has 1 aromatic carbocycles. The smallest absolute Gasteiger partial charge is 0.250 e. The predicted molar refractivity (Wildman–Crippen MR) is 77.3 cm³/mol. The van der Waals surface area contributed by atoms with Crippen molar-refractivity contribution in [2.24, 2.45) is 5.92 Å². The molecule has 1 atom stereocenters. The Labute approximate surface area is 123 Å². The van der Waals surface area contributed by atoms with Crippen LogP contribution in [0.5, 0.6) is 0 Å². The van der Waals surface area contributed by atoms with Crippen molar-refractivity contribution in [3.8, 4) is 0 Å². The van der Waals surface area contributed by atoms with Crippen molar-refractivity contribution < 1.29 is 14.0 Å². The summed E-state index contributed by atoms with van der Waals surface area (Å²) < 4.78 is 13.9. The second kappa shape index (κ2) is 5.84. The number of amides is 2. The fourth-order valence-corrected chi connectivity index (χ4v) is 3.33. The van der Waals surface area contributed by atoms with E-state index in [1.165, 1.54) is 17.4 Å². The average Bonchev–Trinajstić information content (AvgIpc) is 2.51. The fourth-order valence-electron chi connectivity index (χ4n) is 3.33. The van der Waals surface area contributed by atoms with Crippen LogP contribution >= 0.6 is 0 Å². The van der Waals surface area contributed by atoms with E-state index in [0.717, 1.165) is 25.7 Å². The molecule has 112 valence electrons. The summed E-state index contributed by atoms with van der Waals surface area (Å²) in [5.74, 6) is -0.701. The molecule has 1 aromatic rings. The molecule has 5 heteroatoms. The molecule has 2 aliphatic rings. The lowest BCUT2D eigenvalue weighted by atomic mass is 9.82. The second-order valence-electron chi connectivity index (χ2n) is 5.82. The molecule has 0 aromatic heterocycles. The number of piperazine rings is 1. The van der Waals surface area contributed by atoms with Crippen LogP contribution in [0.4, 0.5) is 10.1 Å². The van der Waals surface area contributed by atoms with Gasteiger partial charge in [-0.2, -0.15) is 0 Å². The number of nitrogens with one attached hydrogen (secondary N) is 1. The molecule has 4 nitrogen and oxygen atoms in total. The normalized spacial score (nSPS) is 24.0. The van der Waals surface area contributed by atoms with Crippen molar-refractivity contribution in [2.45, 2.75) is 38.1 Å². The Bertz CT molecular complexity index is 555. The van der Waals surface area contributed by atoms with Gasteiger partial charge in [-0.25, -0.2) is 4.39 Å². The van der Waals surface area contributed by atoms with Gasteiger partial charge < -0.3 is 5.32 Å². The monoisotopic (exact) mass is 290 g/mol. The van der Waals surface area contributed by atoms with E-state index in [2.05, 4.69) is 5.32 Å². The Morgan fingerprint density at radius 3 is 2.52 bits per heavy atom. The Kier molecular flexibility index (Phi) is 3.90. The number of hydrogen-bond donors (Lipinski definition) is 1. The molecule has 1 saturated heterocycles. The highest BCUT2D eigenvalue weighted by Crippen LogP contribution is 2.30. The van der Waals surface area contributed by atoms with Crippen LogP contribution in [-0.4, -0.2) is 24.4 Å². The van der Waals surface area contributed by atoms with Crippen LogP contribution < -0.4 is 10.2 Å². The summed E-state index contributed by atoms with van der Waals surface area (Å²) in [6, 6.07) is 5.60. The van der Waals surface area contributed by atoms with Crippen molar-refractivity contribution in [2.75, 3.05) is 11.4 Å². The van der Waals surface area contributed by atoms with Crippen molar-refractivity contribution in [3.05, 3.63) is 30.1 Å². The molecule has 2 fully saturated rings. The molecule has 1 saturated carbocycles. The van der Waals surface area contributed by atoms with Crippen LogP contribution in [0.3, 0.4) is 0 Å². The van der Waals surface area contributed by atoms with E-state index < -0.39 is 11.9 Å². The summed E-state index contributed by atoms with van der Waals surface area (Å²) in [4.78, 5) is 25.9. The highest BCUT2D eigenvalue weighted by molar-refractivity contribution is 6.06. The third-order valence-corrected chi connectivity index (χ3v) is 4.41. The molecule has 2 amide bonds. The molecule has 1 unspecified atom stereocenters. The van der Waals surface area contributed by atoms with Crippen molar-refractivity contribution in [3.63, 3.8) is 0 Å². The molecule has 21 heavy (non-hydrogen) atoms. The zero-order valence-electron chi connectivity index (χ0n) is 11.8. The van der Waals surface area contributed by atoms with Gasteiger partial charge in [0, 0.05) is 0 Å².